The molecule has 0 aromatic heterocycles. The Morgan fingerprint density at radius 3 is 2.93 bits per heavy atom. The lowest BCUT2D eigenvalue weighted by Crippen LogP contribution is -1.92. The summed E-state index contributed by atoms with van der Waals surface area (Å²) < 4.78 is 0. The number of nitrogens with one attached hydrogen (secondary N) is 1. The molecule has 72 valence electrons. The molecular formula is C11H12N2S. The zero-order chi connectivity index (χ0) is 10.2. The number of hydrogen-bond donors (Lipinski definition) is 1. The summed E-state index contributed by atoms with van der Waals surface area (Å²) in [5, 5.41) is 9.36. The van der Waals surface area contributed by atoms with Crippen molar-refractivity contribution in [3.63, 3.8) is 0 Å². The molecule has 1 aromatic carbocycles. The van der Waals surface area contributed by atoms with Crippen molar-refractivity contribution in [2.24, 2.45) is 4.99 Å². The van der Waals surface area contributed by atoms with Gasteiger partial charge in [-0.1, -0.05) is 24.3 Å². The van der Waals surface area contributed by atoms with Crippen molar-refractivity contribution in [1.29, 1.82) is 5.41 Å². The van der Waals surface area contributed by atoms with Crippen LogP contribution in [0.3, 0.4) is 0 Å². The van der Waals surface area contributed by atoms with Crippen LogP contribution in [0.2, 0.25) is 0 Å². The third kappa shape index (κ3) is 3.60. The Bertz CT molecular complexity index is 354. The highest BCUT2D eigenvalue weighted by Gasteiger charge is 1.94. The van der Waals surface area contributed by atoms with E-state index in [1.807, 2.05) is 12.1 Å². The topological polar surface area (TPSA) is 36.2 Å². The molecule has 1 rings (SSSR count). The molecule has 0 saturated heterocycles. The Kier molecular flexibility index (Phi) is 4.76. The predicted molar refractivity (Wildman–Crippen MR) is 62.5 cm³/mol. The van der Waals surface area contributed by atoms with Gasteiger partial charge in [0.25, 0.3) is 0 Å². The maximum absolute atomic E-state index is 7.01. The van der Waals surface area contributed by atoms with Crippen molar-refractivity contribution in [1.82, 2.24) is 0 Å². The molecule has 2 nitrogen and oxygen atoms in total. The maximum atomic E-state index is 7.01. The molecule has 1 aromatic rings. The average Bonchev–Trinajstić information content (AvgIpc) is 2.19. The fourth-order valence-corrected chi connectivity index (χ4v) is 1.35. The van der Waals surface area contributed by atoms with Gasteiger partial charge in [-0.2, -0.15) is 0 Å². The third-order valence-electron chi connectivity index (χ3n) is 1.91. The van der Waals surface area contributed by atoms with Crippen LogP contribution in [-0.4, -0.2) is 17.9 Å². The number of hydrogen-bond acceptors (Lipinski definition) is 3. The van der Waals surface area contributed by atoms with E-state index >= 15 is 0 Å². The van der Waals surface area contributed by atoms with Crippen molar-refractivity contribution in [2.75, 3.05) is 6.54 Å². The van der Waals surface area contributed by atoms with Gasteiger partial charge in [0.05, 0.1) is 11.7 Å². The highest BCUT2D eigenvalue weighted by atomic mass is 32.1. The molecule has 0 aliphatic rings. The number of rotatable bonds is 5. The minimum Gasteiger partial charge on any atom is -0.313 e. The summed E-state index contributed by atoms with van der Waals surface area (Å²) in [6.45, 7) is 0.692. The molecular weight excluding hydrogens is 192 g/mol. The van der Waals surface area contributed by atoms with Gasteiger partial charge in [0, 0.05) is 6.42 Å². The van der Waals surface area contributed by atoms with Crippen molar-refractivity contribution < 1.29 is 0 Å². The molecule has 1 N–H and O–H groups in total. The van der Waals surface area contributed by atoms with E-state index in [2.05, 4.69) is 34.5 Å². The highest BCUT2D eigenvalue weighted by Crippen LogP contribution is 2.06. The summed E-state index contributed by atoms with van der Waals surface area (Å²) in [6, 6.07) is 8.20. The fourth-order valence-electron chi connectivity index (χ4n) is 1.26. The van der Waals surface area contributed by atoms with Gasteiger partial charge in [-0.3, -0.25) is 0 Å². The van der Waals surface area contributed by atoms with Crippen LogP contribution in [0.1, 0.15) is 11.1 Å². The Hall–Kier alpha value is -1.31. The zero-order valence-corrected chi connectivity index (χ0v) is 8.68. The Balaban J connectivity index is 2.62. The monoisotopic (exact) mass is 204 g/mol. The van der Waals surface area contributed by atoms with Crippen LogP contribution in [0.15, 0.2) is 29.3 Å². The van der Waals surface area contributed by atoms with Crippen LogP contribution in [0.5, 0.6) is 0 Å². The van der Waals surface area contributed by atoms with E-state index in [0.717, 1.165) is 6.42 Å². The van der Waals surface area contributed by atoms with E-state index in [4.69, 9.17) is 5.41 Å². The van der Waals surface area contributed by atoms with Crippen LogP contribution >= 0.6 is 12.2 Å². The van der Waals surface area contributed by atoms with E-state index in [0.29, 0.717) is 13.0 Å². The molecule has 3 heteroatoms. The summed E-state index contributed by atoms with van der Waals surface area (Å²) in [5.74, 6) is 0. The van der Waals surface area contributed by atoms with Gasteiger partial charge in [0.1, 0.15) is 0 Å². The van der Waals surface area contributed by atoms with Gasteiger partial charge in [0.2, 0.25) is 0 Å². The number of aliphatic imine (C=N–C) groups is 1. The third-order valence-corrected chi connectivity index (χ3v) is 2.04. The lowest BCUT2D eigenvalue weighted by atomic mass is 10.1. The molecule has 0 heterocycles. The second kappa shape index (κ2) is 6.19. The van der Waals surface area contributed by atoms with Crippen molar-refractivity contribution >= 4 is 23.6 Å². The highest BCUT2D eigenvalue weighted by molar-refractivity contribution is 7.78. The number of thiocarbonyl (C=S) groups is 1. The van der Waals surface area contributed by atoms with Crippen LogP contribution in [0.25, 0.3) is 0 Å². The second-order valence-electron chi connectivity index (χ2n) is 2.95. The van der Waals surface area contributed by atoms with E-state index in [-0.39, 0.29) is 0 Å². The molecule has 0 aliphatic heterocycles. The molecule has 14 heavy (non-hydrogen) atoms. The predicted octanol–water partition coefficient (Wildman–Crippen LogP) is 2.52. The van der Waals surface area contributed by atoms with Crippen molar-refractivity contribution in [2.45, 2.75) is 12.8 Å². The Morgan fingerprint density at radius 2 is 2.21 bits per heavy atom. The zero-order valence-electron chi connectivity index (χ0n) is 7.86. The van der Waals surface area contributed by atoms with Gasteiger partial charge in [-0.25, -0.2) is 4.99 Å². The Morgan fingerprint density at radius 1 is 1.43 bits per heavy atom. The van der Waals surface area contributed by atoms with E-state index < -0.39 is 0 Å². The number of benzene rings is 1. The Labute approximate surface area is 89.2 Å². The summed E-state index contributed by atoms with van der Waals surface area (Å²) in [5.41, 5.74) is 2.40. The second-order valence-corrected chi connectivity index (χ2v) is 3.13. The van der Waals surface area contributed by atoms with Crippen LogP contribution in [0.4, 0.5) is 0 Å². The van der Waals surface area contributed by atoms with Crippen molar-refractivity contribution in [3.05, 3.63) is 35.4 Å². The minimum atomic E-state index is 0.692. The molecule has 0 aliphatic carbocycles. The normalized spacial score (nSPS) is 9.14. The molecule has 0 fully saturated rings. The average molecular weight is 204 g/mol. The SMILES string of the molecule is N=CCc1cccc(CCN=C=S)c1. The van der Waals surface area contributed by atoms with Gasteiger partial charge in [-0.05, 0) is 36.0 Å². The first-order valence-corrected chi connectivity index (χ1v) is 4.88. The first kappa shape index (κ1) is 10.8. The largest absolute Gasteiger partial charge is 0.313 e. The summed E-state index contributed by atoms with van der Waals surface area (Å²) in [4.78, 5) is 3.86. The molecule has 0 unspecified atom stereocenters. The smallest absolute Gasteiger partial charge is 0.0585 e. The van der Waals surface area contributed by atoms with Crippen LogP contribution in [-0.2, 0) is 12.8 Å². The molecule has 0 atom stereocenters. The summed E-state index contributed by atoms with van der Waals surface area (Å²) in [7, 11) is 0. The summed E-state index contributed by atoms with van der Waals surface area (Å²) in [6.07, 6.45) is 2.99. The first-order valence-electron chi connectivity index (χ1n) is 4.47. The lowest BCUT2D eigenvalue weighted by molar-refractivity contribution is 0.973. The molecule has 0 radical (unpaired) electrons. The van der Waals surface area contributed by atoms with Crippen LogP contribution < -0.4 is 0 Å². The number of nitrogens with zero attached hydrogens (tertiary/aromatic N) is 1. The minimum absolute atomic E-state index is 0.692. The van der Waals surface area contributed by atoms with Gasteiger partial charge in [0.15, 0.2) is 0 Å². The van der Waals surface area contributed by atoms with E-state index in [1.165, 1.54) is 17.3 Å². The molecule has 0 saturated carbocycles. The lowest BCUT2D eigenvalue weighted by Gasteiger charge is -2.00. The van der Waals surface area contributed by atoms with E-state index in [9.17, 15) is 0 Å². The first-order chi connectivity index (χ1) is 6.86. The standard InChI is InChI=1S/C11H12N2S/c12-6-4-10-2-1-3-11(8-10)5-7-13-9-14/h1-3,6,8,12H,4-5,7H2. The molecule has 0 amide bonds. The van der Waals surface area contributed by atoms with Crippen LogP contribution in [0, 0.1) is 5.41 Å². The summed E-state index contributed by atoms with van der Waals surface area (Å²) >= 11 is 4.49. The van der Waals surface area contributed by atoms with Crippen molar-refractivity contribution in [3.8, 4) is 0 Å². The molecule has 0 bridgehead atoms. The maximum Gasteiger partial charge on any atom is 0.0585 e. The van der Waals surface area contributed by atoms with Gasteiger partial charge in [-0.15, -0.1) is 0 Å². The quantitative estimate of drug-likeness (QED) is 0.580. The van der Waals surface area contributed by atoms with E-state index in [1.54, 1.807) is 0 Å². The fraction of sp³-hybridized carbons (Fsp3) is 0.273. The van der Waals surface area contributed by atoms with Gasteiger partial charge < -0.3 is 5.41 Å². The molecule has 0 spiro atoms. The van der Waals surface area contributed by atoms with Gasteiger partial charge >= 0.3 is 0 Å². The number of isothiocyanates is 1.